The summed E-state index contributed by atoms with van der Waals surface area (Å²) in [7, 11) is 0. The molecule has 8 nitrogen and oxygen atoms in total. The van der Waals surface area contributed by atoms with Gasteiger partial charge in [0, 0.05) is 35.5 Å². The van der Waals surface area contributed by atoms with Crippen LogP contribution in [0.25, 0.3) is 22.7 Å². The molecule has 0 atom stereocenters. The van der Waals surface area contributed by atoms with E-state index in [0.717, 1.165) is 28.8 Å². The number of aryl methyl sites for hydroxylation is 1. The lowest BCUT2D eigenvalue weighted by atomic mass is 10.1. The first kappa shape index (κ1) is 21.4. The molecule has 162 valence electrons. The molecule has 4 aromatic rings. The van der Waals surface area contributed by atoms with E-state index >= 15 is 0 Å². The second kappa shape index (κ2) is 9.52. The summed E-state index contributed by atoms with van der Waals surface area (Å²) in [6.07, 6.45) is 0.767. The van der Waals surface area contributed by atoms with E-state index in [2.05, 4.69) is 25.8 Å². The fourth-order valence-corrected chi connectivity index (χ4v) is 3.75. The SMILES string of the molecule is CC(=O)NCCc1ccc(-c2csc(NC(=O)c3ccc(-c4nc(C)no4)cc3)n2)cc1. The number of nitrogens with zero attached hydrogens (tertiary/aromatic N) is 3. The van der Waals surface area contributed by atoms with Crippen LogP contribution in [0, 0.1) is 6.92 Å². The predicted octanol–water partition coefficient (Wildman–Crippen LogP) is 4.10. The van der Waals surface area contributed by atoms with Crippen molar-refractivity contribution in [1.82, 2.24) is 20.4 Å². The van der Waals surface area contributed by atoms with Crippen molar-refractivity contribution in [3.8, 4) is 22.7 Å². The first-order valence-corrected chi connectivity index (χ1v) is 10.9. The Balaban J connectivity index is 1.37. The fourth-order valence-electron chi connectivity index (χ4n) is 3.04. The Morgan fingerprint density at radius 2 is 1.72 bits per heavy atom. The van der Waals surface area contributed by atoms with Gasteiger partial charge in [0.15, 0.2) is 11.0 Å². The lowest BCUT2D eigenvalue weighted by Crippen LogP contribution is -2.22. The highest BCUT2D eigenvalue weighted by atomic mass is 32.1. The Labute approximate surface area is 188 Å². The first-order chi connectivity index (χ1) is 15.5. The molecule has 0 spiro atoms. The van der Waals surface area contributed by atoms with Crippen molar-refractivity contribution in [2.75, 3.05) is 11.9 Å². The second-order valence-electron chi connectivity index (χ2n) is 7.15. The van der Waals surface area contributed by atoms with Gasteiger partial charge in [-0.15, -0.1) is 11.3 Å². The van der Waals surface area contributed by atoms with Crippen molar-refractivity contribution in [2.24, 2.45) is 0 Å². The van der Waals surface area contributed by atoms with Gasteiger partial charge in [0.25, 0.3) is 11.8 Å². The summed E-state index contributed by atoms with van der Waals surface area (Å²) in [5.74, 6) is 0.699. The van der Waals surface area contributed by atoms with Gasteiger partial charge < -0.3 is 9.84 Å². The van der Waals surface area contributed by atoms with Crippen LogP contribution in [0.15, 0.2) is 58.4 Å². The number of hydrogen-bond acceptors (Lipinski definition) is 7. The standard InChI is InChI=1S/C23H21N5O3S/c1-14-25-22(31-28-14)19-9-7-18(8-10-19)21(30)27-23-26-20(13-32-23)17-5-3-16(4-6-17)11-12-24-15(2)29/h3-10,13H,11-12H2,1-2H3,(H,24,29)(H,26,27,30). The number of carbonyl (C=O) groups excluding carboxylic acids is 2. The minimum absolute atomic E-state index is 0.0310. The summed E-state index contributed by atoms with van der Waals surface area (Å²) in [5, 5.41) is 11.8. The van der Waals surface area contributed by atoms with E-state index in [1.165, 1.54) is 18.3 Å². The third kappa shape index (κ3) is 5.25. The Kier molecular flexibility index (Phi) is 6.37. The van der Waals surface area contributed by atoms with E-state index in [-0.39, 0.29) is 11.8 Å². The molecule has 32 heavy (non-hydrogen) atoms. The maximum absolute atomic E-state index is 12.6. The number of hydrogen-bond donors (Lipinski definition) is 2. The average Bonchev–Trinajstić information content (AvgIpc) is 3.43. The molecule has 0 unspecified atom stereocenters. The molecule has 2 aromatic heterocycles. The Morgan fingerprint density at radius 1 is 1.00 bits per heavy atom. The van der Waals surface area contributed by atoms with E-state index in [0.29, 0.717) is 29.0 Å². The fraction of sp³-hybridized carbons (Fsp3) is 0.174. The van der Waals surface area contributed by atoms with E-state index < -0.39 is 0 Å². The number of benzene rings is 2. The molecule has 2 amide bonds. The highest BCUT2D eigenvalue weighted by Crippen LogP contribution is 2.26. The molecule has 0 saturated carbocycles. The molecule has 2 N–H and O–H groups in total. The minimum Gasteiger partial charge on any atom is -0.356 e. The summed E-state index contributed by atoms with van der Waals surface area (Å²) >= 11 is 1.37. The van der Waals surface area contributed by atoms with Crippen LogP contribution >= 0.6 is 11.3 Å². The Hall–Kier alpha value is -3.85. The van der Waals surface area contributed by atoms with E-state index in [4.69, 9.17) is 4.52 Å². The molecular formula is C23H21N5O3S. The van der Waals surface area contributed by atoms with Gasteiger partial charge in [-0.3, -0.25) is 14.9 Å². The average molecular weight is 448 g/mol. The molecule has 0 saturated heterocycles. The quantitative estimate of drug-likeness (QED) is 0.441. The van der Waals surface area contributed by atoms with Crippen molar-refractivity contribution in [3.63, 3.8) is 0 Å². The van der Waals surface area contributed by atoms with Crippen molar-refractivity contribution < 1.29 is 14.1 Å². The number of amides is 2. The molecule has 0 aliphatic rings. The summed E-state index contributed by atoms with van der Waals surface area (Å²) in [5.41, 5.74) is 4.14. The third-order valence-electron chi connectivity index (χ3n) is 4.68. The summed E-state index contributed by atoms with van der Waals surface area (Å²) in [6, 6.07) is 15.0. The molecule has 4 rings (SSSR count). The van der Waals surface area contributed by atoms with Gasteiger partial charge in [0.2, 0.25) is 5.91 Å². The number of carbonyl (C=O) groups is 2. The maximum Gasteiger partial charge on any atom is 0.257 e. The van der Waals surface area contributed by atoms with Crippen LogP contribution in [0.2, 0.25) is 0 Å². The van der Waals surface area contributed by atoms with Crippen molar-refractivity contribution in [3.05, 3.63) is 70.9 Å². The molecule has 2 heterocycles. The van der Waals surface area contributed by atoms with Crippen LogP contribution in [0.3, 0.4) is 0 Å². The molecule has 0 aliphatic carbocycles. The van der Waals surface area contributed by atoms with Gasteiger partial charge >= 0.3 is 0 Å². The summed E-state index contributed by atoms with van der Waals surface area (Å²) in [6.45, 7) is 3.87. The number of aromatic nitrogens is 3. The molecule has 0 radical (unpaired) electrons. The van der Waals surface area contributed by atoms with E-state index in [1.54, 1.807) is 31.2 Å². The molecule has 0 fully saturated rings. The molecule has 9 heteroatoms. The highest BCUT2D eigenvalue weighted by Gasteiger charge is 2.12. The zero-order chi connectivity index (χ0) is 22.5. The molecular weight excluding hydrogens is 426 g/mol. The van der Waals surface area contributed by atoms with Crippen molar-refractivity contribution in [2.45, 2.75) is 20.3 Å². The van der Waals surface area contributed by atoms with Crippen LogP contribution in [0.5, 0.6) is 0 Å². The highest BCUT2D eigenvalue weighted by molar-refractivity contribution is 7.14. The second-order valence-corrected chi connectivity index (χ2v) is 8.00. The largest absolute Gasteiger partial charge is 0.356 e. The van der Waals surface area contributed by atoms with Crippen LogP contribution in [0.4, 0.5) is 5.13 Å². The first-order valence-electron chi connectivity index (χ1n) is 9.99. The van der Waals surface area contributed by atoms with Crippen LogP contribution in [-0.2, 0) is 11.2 Å². The predicted molar refractivity (Wildman–Crippen MR) is 122 cm³/mol. The third-order valence-corrected chi connectivity index (χ3v) is 5.44. The van der Waals surface area contributed by atoms with Crippen molar-refractivity contribution >= 4 is 28.3 Å². The number of rotatable bonds is 7. The van der Waals surface area contributed by atoms with Crippen LogP contribution < -0.4 is 10.6 Å². The van der Waals surface area contributed by atoms with Gasteiger partial charge in [-0.05, 0) is 43.2 Å². The topological polar surface area (TPSA) is 110 Å². The maximum atomic E-state index is 12.6. The van der Waals surface area contributed by atoms with Crippen molar-refractivity contribution in [1.29, 1.82) is 0 Å². The van der Waals surface area contributed by atoms with E-state index in [9.17, 15) is 9.59 Å². The lowest BCUT2D eigenvalue weighted by molar-refractivity contribution is -0.118. The zero-order valence-electron chi connectivity index (χ0n) is 17.6. The van der Waals surface area contributed by atoms with Gasteiger partial charge in [-0.25, -0.2) is 4.98 Å². The summed E-state index contributed by atoms with van der Waals surface area (Å²) in [4.78, 5) is 32.2. The lowest BCUT2D eigenvalue weighted by Gasteiger charge is -2.04. The van der Waals surface area contributed by atoms with E-state index in [1.807, 2.05) is 29.6 Å². The Morgan fingerprint density at radius 3 is 2.38 bits per heavy atom. The van der Waals surface area contributed by atoms with Gasteiger partial charge in [0.05, 0.1) is 5.69 Å². The monoisotopic (exact) mass is 447 g/mol. The van der Waals surface area contributed by atoms with Gasteiger partial charge in [-0.1, -0.05) is 29.4 Å². The van der Waals surface area contributed by atoms with Gasteiger partial charge in [-0.2, -0.15) is 4.98 Å². The number of nitrogens with one attached hydrogen (secondary N) is 2. The van der Waals surface area contributed by atoms with Crippen LogP contribution in [-0.4, -0.2) is 33.5 Å². The number of anilines is 1. The smallest absolute Gasteiger partial charge is 0.257 e. The minimum atomic E-state index is -0.243. The van der Waals surface area contributed by atoms with Crippen LogP contribution in [0.1, 0.15) is 28.7 Å². The number of thiazole rings is 1. The Bertz CT molecular complexity index is 1230. The molecule has 0 aliphatic heterocycles. The zero-order valence-corrected chi connectivity index (χ0v) is 18.4. The summed E-state index contributed by atoms with van der Waals surface area (Å²) < 4.78 is 5.14. The molecule has 2 aromatic carbocycles. The molecule has 0 bridgehead atoms. The van der Waals surface area contributed by atoms with Gasteiger partial charge in [0.1, 0.15) is 0 Å². The normalized spacial score (nSPS) is 10.7.